The van der Waals surface area contributed by atoms with Crippen LogP contribution in [0.2, 0.25) is 10.0 Å². The van der Waals surface area contributed by atoms with Gasteiger partial charge in [0.15, 0.2) is 0 Å². The van der Waals surface area contributed by atoms with Crippen LogP contribution in [-0.4, -0.2) is 112 Å². The molecule has 2 heterocycles. The number of carboxylic acid groups (broad SMARTS) is 3. The van der Waals surface area contributed by atoms with E-state index in [2.05, 4.69) is 32.5 Å². The molecule has 3 aromatic rings. The van der Waals surface area contributed by atoms with Gasteiger partial charge in [-0.3, -0.25) is 9.59 Å². The van der Waals surface area contributed by atoms with Crippen molar-refractivity contribution < 1.29 is 83.9 Å². The first kappa shape index (κ1) is 48.5. The van der Waals surface area contributed by atoms with Gasteiger partial charge in [0.25, 0.3) is 11.8 Å². The number of rotatable bonds is 5. The molecule has 0 unspecified atom stereocenters. The number of phenolic OH excluding ortho intramolecular Hbond substituents is 1. The number of aromatic hydroxyl groups is 1. The minimum atomic E-state index is -5.08. The highest BCUT2D eigenvalue weighted by atomic mass is 35.5. The molecule has 0 atom stereocenters. The number of amides is 2. The number of phenols is 1. The van der Waals surface area contributed by atoms with Crippen molar-refractivity contribution in [1.29, 1.82) is 0 Å². The summed E-state index contributed by atoms with van der Waals surface area (Å²) in [7, 11) is 2.09. The smallest absolute Gasteiger partial charge is 0.490 e. The summed E-state index contributed by atoms with van der Waals surface area (Å²) in [4.78, 5) is 61.1. The number of nitrogens with zero attached hydrogens (tertiary/aromatic N) is 3. The van der Waals surface area contributed by atoms with Crippen molar-refractivity contribution in [2.75, 3.05) is 48.8 Å². The monoisotopic (exact) mass is 855 g/mol. The minimum absolute atomic E-state index is 0.0985. The van der Waals surface area contributed by atoms with Gasteiger partial charge in [-0.2, -0.15) is 39.5 Å². The van der Waals surface area contributed by atoms with Crippen LogP contribution in [0.5, 0.6) is 5.75 Å². The number of carbonyl (C=O) groups excluding carboxylic acids is 2. The molecular formula is C31H28Cl2F9N5O9. The van der Waals surface area contributed by atoms with Crippen LogP contribution in [-0.2, 0) is 14.4 Å². The Labute approximate surface area is 319 Å². The molecule has 2 aromatic carbocycles. The fourth-order valence-electron chi connectivity index (χ4n) is 3.85. The number of pyridine rings is 1. The Morgan fingerprint density at radius 2 is 1.16 bits per heavy atom. The normalized spacial score (nSPS) is 13.2. The van der Waals surface area contributed by atoms with Crippen molar-refractivity contribution in [3.63, 3.8) is 0 Å². The zero-order valence-electron chi connectivity index (χ0n) is 28.1. The highest BCUT2D eigenvalue weighted by Gasteiger charge is 2.39. The van der Waals surface area contributed by atoms with Gasteiger partial charge in [0.1, 0.15) is 11.6 Å². The number of hydrogen-bond donors (Lipinski definition) is 6. The summed E-state index contributed by atoms with van der Waals surface area (Å²) in [6, 6.07) is 12.7. The van der Waals surface area contributed by atoms with Crippen LogP contribution >= 0.6 is 23.2 Å². The summed E-state index contributed by atoms with van der Waals surface area (Å²) in [6.45, 7) is 3.66. The van der Waals surface area contributed by atoms with E-state index >= 15 is 0 Å². The van der Waals surface area contributed by atoms with E-state index in [9.17, 15) is 54.2 Å². The molecule has 0 radical (unpaired) electrons. The molecule has 1 aliphatic rings. The van der Waals surface area contributed by atoms with Crippen LogP contribution in [0.15, 0.2) is 54.7 Å². The minimum Gasteiger partial charge on any atom is -0.507 e. The van der Waals surface area contributed by atoms with E-state index in [-0.39, 0.29) is 22.6 Å². The van der Waals surface area contributed by atoms with Crippen molar-refractivity contribution in [2.45, 2.75) is 24.9 Å². The molecule has 1 saturated heterocycles. The lowest BCUT2D eigenvalue weighted by Gasteiger charge is -2.23. The Bertz CT molecular complexity index is 1790. The molecular weight excluding hydrogens is 828 g/mol. The van der Waals surface area contributed by atoms with Gasteiger partial charge in [0.2, 0.25) is 0 Å². The predicted octanol–water partition coefficient (Wildman–Crippen LogP) is 6.64. The number of benzene rings is 2. The van der Waals surface area contributed by atoms with E-state index in [1.54, 1.807) is 30.3 Å². The second kappa shape index (κ2) is 20.9. The Hall–Kier alpha value is -5.55. The molecule has 308 valence electrons. The lowest BCUT2D eigenvalue weighted by Crippen LogP contribution is -2.28. The van der Waals surface area contributed by atoms with Gasteiger partial charge in [-0.05, 0) is 62.5 Å². The zero-order valence-corrected chi connectivity index (χ0v) is 29.6. The van der Waals surface area contributed by atoms with Gasteiger partial charge >= 0.3 is 36.4 Å². The van der Waals surface area contributed by atoms with Gasteiger partial charge < -0.3 is 40.9 Å². The van der Waals surface area contributed by atoms with Crippen LogP contribution in [0.25, 0.3) is 0 Å². The maximum atomic E-state index is 13.0. The second-order valence-electron chi connectivity index (χ2n) is 10.7. The molecule has 1 fully saturated rings. The Balaban J connectivity index is 0.000000610. The Kier molecular flexibility index (Phi) is 18.1. The van der Waals surface area contributed by atoms with Crippen molar-refractivity contribution in [3.8, 4) is 5.75 Å². The fourth-order valence-corrected chi connectivity index (χ4v) is 4.13. The number of anilines is 3. The summed E-state index contributed by atoms with van der Waals surface area (Å²) < 4.78 is 95.2. The topological polar surface area (TPSA) is 210 Å². The van der Waals surface area contributed by atoms with Gasteiger partial charge in [-0.25, -0.2) is 19.4 Å². The molecule has 0 bridgehead atoms. The number of likely N-dealkylation sites (N-methyl/N-ethyl adjacent to an activating group) is 1. The van der Waals surface area contributed by atoms with Crippen molar-refractivity contribution in [3.05, 3.63) is 75.9 Å². The average Bonchev–Trinajstić information content (AvgIpc) is 3.30. The number of nitrogens with one attached hydrogen (secondary N) is 2. The number of hydrogen-bond acceptors (Lipinski definition) is 9. The molecule has 2 amide bonds. The van der Waals surface area contributed by atoms with E-state index in [1.807, 2.05) is 6.07 Å². The average molecular weight is 856 g/mol. The molecule has 1 aliphatic heterocycles. The van der Waals surface area contributed by atoms with E-state index < -0.39 is 48.3 Å². The Morgan fingerprint density at radius 3 is 1.62 bits per heavy atom. The van der Waals surface area contributed by atoms with Gasteiger partial charge in [-0.15, -0.1) is 0 Å². The summed E-state index contributed by atoms with van der Waals surface area (Å²) >= 11 is 11.9. The van der Waals surface area contributed by atoms with Gasteiger partial charge in [0.05, 0.1) is 21.8 Å². The Morgan fingerprint density at radius 1 is 0.661 bits per heavy atom. The van der Waals surface area contributed by atoms with Crippen molar-refractivity contribution >= 4 is 70.1 Å². The molecule has 56 heavy (non-hydrogen) atoms. The summed E-state index contributed by atoms with van der Waals surface area (Å²) in [5.41, 5.74) is 1.34. The molecule has 0 aliphatic carbocycles. The lowest BCUT2D eigenvalue weighted by atomic mass is 10.1. The number of aliphatic carboxylic acids is 3. The third-order valence-electron chi connectivity index (χ3n) is 6.48. The third-order valence-corrected chi connectivity index (χ3v) is 6.94. The predicted molar refractivity (Wildman–Crippen MR) is 180 cm³/mol. The number of carbonyl (C=O) groups is 5. The van der Waals surface area contributed by atoms with Crippen LogP contribution < -0.4 is 15.5 Å². The molecule has 0 spiro atoms. The van der Waals surface area contributed by atoms with Crippen LogP contribution in [0, 0.1) is 0 Å². The first-order chi connectivity index (χ1) is 25.6. The van der Waals surface area contributed by atoms with Gasteiger partial charge in [0, 0.05) is 42.6 Å². The molecule has 4 rings (SSSR count). The van der Waals surface area contributed by atoms with E-state index in [1.165, 1.54) is 18.3 Å². The maximum Gasteiger partial charge on any atom is 0.490 e. The van der Waals surface area contributed by atoms with E-state index in [4.69, 9.17) is 52.9 Å². The second-order valence-corrected chi connectivity index (χ2v) is 11.6. The summed E-state index contributed by atoms with van der Waals surface area (Å²) in [5.74, 6) is -9.17. The zero-order chi connectivity index (χ0) is 43.2. The first-order valence-electron chi connectivity index (χ1n) is 14.8. The third kappa shape index (κ3) is 17.3. The van der Waals surface area contributed by atoms with Crippen molar-refractivity contribution in [1.82, 2.24) is 9.88 Å². The molecule has 6 N–H and O–H groups in total. The quantitative estimate of drug-likeness (QED) is 0.149. The largest absolute Gasteiger partial charge is 0.507 e. The van der Waals surface area contributed by atoms with Gasteiger partial charge in [-0.1, -0.05) is 23.2 Å². The van der Waals surface area contributed by atoms with Crippen LogP contribution in [0.3, 0.4) is 0 Å². The summed E-state index contributed by atoms with van der Waals surface area (Å²) in [5, 5.41) is 38.1. The number of carboxylic acids is 3. The number of alkyl halides is 9. The van der Waals surface area contributed by atoms with Crippen molar-refractivity contribution in [2.24, 2.45) is 0 Å². The lowest BCUT2D eigenvalue weighted by molar-refractivity contribution is -0.193. The van der Waals surface area contributed by atoms with E-state index in [0.717, 1.165) is 38.3 Å². The molecule has 14 nitrogen and oxygen atoms in total. The fraction of sp³-hybridized carbons (Fsp3) is 0.290. The number of halogens is 11. The highest BCUT2D eigenvalue weighted by Crippen LogP contribution is 2.28. The highest BCUT2D eigenvalue weighted by molar-refractivity contribution is 6.31. The summed E-state index contributed by atoms with van der Waals surface area (Å²) in [6.07, 6.45) is -12.8. The standard InChI is InChI=1S/C25H25Cl2N5O3.3C2HF3O2/c1-31-9-2-10-32(12-11-31)18-5-6-19(22(33)14-18)24(34)29-21-7-3-16(26)13-20(21)25(35)30-23-8-4-17(27)15-28-23;3*3-2(4,5)1(6)7/h3-8,13-15,33H,2,9-12H2,1H3,(H,29,34)(H,28,30,35);3*(H,6,7). The maximum absolute atomic E-state index is 13.0. The molecule has 1 aromatic heterocycles. The van der Waals surface area contributed by atoms with E-state index in [0.29, 0.717) is 15.9 Å². The SMILES string of the molecule is CN1CCCN(c2ccc(C(=O)Nc3ccc(Cl)cc3C(=O)Nc3ccc(Cl)cn3)c(O)c2)CC1.O=C(O)C(F)(F)F.O=C(O)C(F)(F)F.O=C(O)C(F)(F)F. The molecule has 0 saturated carbocycles. The van der Waals surface area contributed by atoms with Crippen LogP contribution in [0.4, 0.5) is 56.7 Å². The van der Waals surface area contributed by atoms with Crippen LogP contribution in [0.1, 0.15) is 27.1 Å². The molecule has 25 heteroatoms. The first-order valence-corrected chi connectivity index (χ1v) is 15.6. The number of aromatic nitrogens is 1.